The van der Waals surface area contributed by atoms with E-state index in [4.69, 9.17) is 10.8 Å². The van der Waals surface area contributed by atoms with Crippen LogP contribution >= 0.6 is 0 Å². The van der Waals surface area contributed by atoms with Crippen molar-refractivity contribution in [3.05, 3.63) is 48.0 Å². The van der Waals surface area contributed by atoms with Crippen LogP contribution in [0.1, 0.15) is 32.4 Å². The fourth-order valence-corrected chi connectivity index (χ4v) is 3.28. The third-order valence-electron chi connectivity index (χ3n) is 4.48. The van der Waals surface area contributed by atoms with Gasteiger partial charge in [0.05, 0.1) is 0 Å². The lowest BCUT2D eigenvalue weighted by molar-refractivity contribution is 0.240. The standard InChI is InChI=1S/C19H24OSi/c1-7-18(20-21(5,6)19(2,3)4)17-14-10-12-15-11-8-9-13-16(15)17/h1,8-14,18H,2-6H3. The fourth-order valence-electron chi connectivity index (χ4n) is 2.14. The van der Waals surface area contributed by atoms with Crippen molar-refractivity contribution >= 4 is 19.1 Å². The van der Waals surface area contributed by atoms with Gasteiger partial charge >= 0.3 is 0 Å². The van der Waals surface area contributed by atoms with Gasteiger partial charge in [0.2, 0.25) is 0 Å². The van der Waals surface area contributed by atoms with Gasteiger partial charge in [0.15, 0.2) is 8.32 Å². The summed E-state index contributed by atoms with van der Waals surface area (Å²) in [7, 11) is -1.90. The molecule has 1 atom stereocenters. The molecule has 2 rings (SSSR count). The molecule has 0 fully saturated rings. The van der Waals surface area contributed by atoms with E-state index in [0.717, 1.165) is 5.56 Å². The van der Waals surface area contributed by atoms with E-state index in [1.54, 1.807) is 0 Å². The lowest BCUT2D eigenvalue weighted by atomic mass is 10.0. The van der Waals surface area contributed by atoms with Crippen LogP contribution in [0.3, 0.4) is 0 Å². The molecule has 0 heterocycles. The van der Waals surface area contributed by atoms with Crippen molar-refractivity contribution in [1.29, 1.82) is 0 Å². The molecule has 0 aliphatic carbocycles. The van der Waals surface area contributed by atoms with Crippen molar-refractivity contribution in [2.45, 2.75) is 45.0 Å². The topological polar surface area (TPSA) is 9.23 Å². The first kappa shape index (κ1) is 15.8. The second-order valence-corrected chi connectivity index (χ2v) is 11.7. The van der Waals surface area contributed by atoms with Crippen LogP contribution in [0.4, 0.5) is 0 Å². The van der Waals surface area contributed by atoms with Gasteiger partial charge in [-0.3, -0.25) is 0 Å². The molecule has 0 aliphatic heterocycles. The van der Waals surface area contributed by atoms with E-state index in [0.29, 0.717) is 0 Å². The molecule has 2 aromatic carbocycles. The highest BCUT2D eigenvalue weighted by atomic mass is 28.4. The van der Waals surface area contributed by atoms with Crippen molar-refractivity contribution < 1.29 is 4.43 Å². The first-order chi connectivity index (χ1) is 9.76. The zero-order valence-electron chi connectivity index (χ0n) is 13.6. The lowest BCUT2D eigenvalue weighted by Gasteiger charge is -2.38. The maximum absolute atomic E-state index is 6.45. The van der Waals surface area contributed by atoms with E-state index in [1.807, 2.05) is 12.1 Å². The molecule has 2 heteroatoms. The van der Waals surface area contributed by atoms with E-state index >= 15 is 0 Å². The van der Waals surface area contributed by atoms with E-state index in [-0.39, 0.29) is 11.1 Å². The summed E-state index contributed by atoms with van der Waals surface area (Å²) in [4.78, 5) is 0. The number of fused-ring (bicyclic) bond motifs is 1. The lowest BCUT2D eigenvalue weighted by Crippen LogP contribution is -2.41. The van der Waals surface area contributed by atoms with E-state index in [2.05, 4.69) is 70.1 Å². The molecular weight excluding hydrogens is 272 g/mol. The van der Waals surface area contributed by atoms with Gasteiger partial charge in [0.1, 0.15) is 6.10 Å². The average Bonchev–Trinajstić information content (AvgIpc) is 2.43. The predicted molar refractivity (Wildman–Crippen MR) is 93.8 cm³/mol. The number of terminal acetylenes is 1. The molecule has 0 N–H and O–H groups in total. The number of benzene rings is 2. The van der Waals surface area contributed by atoms with Crippen LogP contribution in [0.15, 0.2) is 42.5 Å². The molecule has 0 spiro atoms. The van der Waals surface area contributed by atoms with Crippen LogP contribution in [0.25, 0.3) is 10.8 Å². The average molecular weight is 296 g/mol. The van der Waals surface area contributed by atoms with Gasteiger partial charge in [0, 0.05) is 0 Å². The molecule has 1 nitrogen and oxygen atoms in total. The van der Waals surface area contributed by atoms with E-state index < -0.39 is 8.32 Å². The third-order valence-corrected chi connectivity index (χ3v) is 8.91. The first-order valence-electron chi connectivity index (χ1n) is 7.38. The summed E-state index contributed by atoms with van der Waals surface area (Å²) >= 11 is 0. The quantitative estimate of drug-likeness (QED) is 0.534. The Kier molecular flexibility index (Phi) is 4.27. The monoisotopic (exact) mass is 296 g/mol. The minimum atomic E-state index is -1.90. The Bertz CT molecular complexity index is 669. The number of hydrogen-bond donors (Lipinski definition) is 0. The van der Waals surface area contributed by atoms with Crippen molar-refractivity contribution in [1.82, 2.24) is 0 Å². The molecule has 0 saturated heterocycles. The van der Waals surface area contributed by atoms with Gasteiger partial charge in [0.25, 0.3) is 0 Å². The Morgan fingerprint density at radius 3 is 2.29 bits per heavy atom. The Morgan fingerprint density at radius 2 is 1.67 bits per heavy atom. The summed E-state index contributed by atoms with van der Waals surface area (Å²) in [5, 5.41) is 2.53. The predicted octanol–water partition coefficient (Wildman–Crippen LogP) is 5.54. The zero-order valence-corrected chi connectivity index (χ0v) is 14.6. The highest BCUT2D eigenvalue weighted by molar-refractivity contribution is 6.74. The summed E-state index contributed by atoms with van der Waals surface area (Å²) in [5.74, 6) is 2.85. The van der Waals surface area contributed by atoms with Crippen LogP contribution < -0.4 is 0 Å². The minimum Gasteiger partial charge on any atom is -0.399 e. The molecule has 21 heavy (non-hydrogen) atoms. The minimum absolute atomic E-state index is 0.146. The van der Waals surface area contributed by atoms with Crippen molar-refractivity contribution in [2.24, 2.45) is 0 Å². The molecular formula is C19H24OSi. The van der Waals surface area contributed by atoms with Gasteiger partial charge in [-0.15, -0.1) is 6.42 Å². The molecule has 0 amide bonds. The van der Waals surface area contributed by atoms with E-state index in [9.17, 15) is 0 Å². The molecule has 1 unspecified atom stereocenters. The van der Waals surface area contributed by atoms with Gasteiger partial charge in [-0.25, -0.2) is 0 Å². The molecule has 0 radical (unpaired) electrons. The Balaban J connectivity index is 2.44. The number of hydrogen-bond acceptors (Lipinski definition) is 1. The summed E-state index contributed by atoms with van der Waals surface area (Å²) < 4.78 is 6.45. The molecule has 0 bridgehead atoms. The Morgan fingerprint density at radius 1 is 1.05 bits per heavy atom. The normalized spacial score (nSPS) is 13.9. The SMILES string of the molecule is C#CC(O[Si](C)(C)C(C)(C)C)c1cccc2ccccc12. The molecule has 110 valence electrons. The summed E-state index contributed by atoms with van der Waals surface area (Å²) in [6, 6.07) is 14.6. The molecule has 2 aromatic rings. The molecule has 0 saturated carbocycles. The zero-order chi connectivity index (χ0) is 15.7. The largest absolute Gasteiger partial charge is 0.399 e. The summed E-state index contributed by atoms with van der Waals surface area (Å²) in [5.41, 5.74) is 1.10. The molecule has 0 aromatic heterocycles. The van der Waals surface area contributed by atoms with Crippen LogP contribution in [-0.4, -0.2) is 8.32 Å². The Labute approximate surface area is 129 Å². The van der Waals surface area contributed by atoms with Crippen LogP contribution in [0.5, 0.6) is 0 Å². The van der Waals surface area contributed by atoms with Crippen LogP contribution in [0.2, 0.25) is 18.1 Å². The molecule has 0 aliphatic rings. The summed E-state index contributed by atoms with van der Waals surface area (Å²) in [6.07, 6.45) is 5.51. The van der Waals surface area contributed by atoms with Gasteiger partial charge in [-0.1, -0.05) is 69.2 Å². The van der Waals surface area contributed by atoms with Crippen LogP contribution in [0, 0.1) is 12.3 Å². The fraction of sp³-hybridized carbons (Fsp3) is 0.368. The maximum Gasteiger partial charge on any atom is 0.194 e. The summed E-state index contributed by atoms with van der Waals surface area (Å²) in [6.45, 7) is 11.2. The third kappa shape index (κ3) is 3.20. The second kappa shape index (κ2) is 5.67. The highest BCUT2D eigenvalue weighted by Crippen LogP contribution is 2.40. The van der Waals surface area contributed by atoms with Crippen molar-refractivity contribution in [2.75, 3.05) is 0 Å². The second-order valence-electron chi connectivity index (χ2n) is 6.99. The van der Waals surface area contributed by atoms with Crippen molar-refractivity contribution in [3.63, 3.8) is 0 Å². The van der Waals surface area contributed by atoms with Crippen LogP contribution in [-0.2, 0) is 4.43 Å². The van der Waals surface area contributed by atoms with Crippen molar-refractivity contribution in [3.8, 4) is 12.3 Å². The number of rotatable bonds is 3. The Hall–Kier alpha value is -1.56. The smallest absolute Gasteiger partial charge is 0.194 e. The van der Waals surface area contributed by atoms with Gasteiger partial charge in [-0.2, -0.15) is 0 Å². The van der Waals surface area contributed by atoms with Gasteiger partial charge in [-0.05, 0) is 34.5 Å². The highest BCUT2D eigenvalue weighted by Gasteiger charge is 2.39. The van der Waals surface area contributed by atoms with Gasteiger partial charge < -0.3 is 4.43 Å². The first-order valence-corrected chi connectivity index (χ1v) is 10.3. The van der Waals surface area contributed by atoms with E-state index in [1.165, 1.54) is 10.8 Å². The maximum atomic E-state index is 6.45.